The van der Waals surface area contributed by atoms with Gasteiger partial charge in [-0.15, -0.1) is 0 Å². The molecule has 1 aliphatic rings. The van der Waals surface area contributed by atoms with Crippen LogP contribution in [0.1, 0.15) is 53.3 Å². The van der Waals surface area contributed by atoms with Gasteiger partial charge in [0.25, 0.3) is 11.8 Å². The molecular weight excluding hydrogens is 342 g/mol. The fraction of sp³-hybridized carbons (Fsp3) is 0.333. The zero-order valence-electron chi connectivity index (χ0n) is 12.6. The van der Waals surface area contributed by atoms with Gasteiger partial charge in [0, 0.05) is 11.0 Å². The highest BCUT2D eigenvalue weighted by molar-refractivity contribution is 9.10. The third kappa shape index (κ3) is 2.45. The summed E-state index contributed by atoms with van der Waals surface area (Å²) in [5, 5.41) is 1.82. The molecule has 0 aliphatic carbocycles. The summed E-state index contributed by atoms with van der Waals surface area (Å²) in [7, 11) is 0. The molecule has 0 radical (unpaired) electrons. The van der Waals surface area contributed by atoms with Gasteiger partial charge in [0.2, 0.25) is 0 Å². The van der Waals surface area contributed by atoms with E-state index in [0.29, 0.717) is 17.7 Å². The van der Waals surface area contributed by atoms with Crippen molar-refractivity contribution in [1.82, 2.24) is 4.90 Å². The highest BCUT2D eigenvalue weighted by atomic mass is 79.9. The summed E-state index contributed by atoms with van der Waals surface area (Å²) in [5.41, 5.74) is 1.07. The van der Waals surface area contributed by atoms with E-state index in [1.165, 1.54) is 4.90 Å². The summed E-state index contributed by atoms with van der Waals surface area (Å²) >= 11 is 3.51. The average molecular weight is 360 g/mol. The number of hydrogen-bond acceptors (Lipinski definition) is 2. The number of rotatable bonds is 5. The van der Waals surface area contributed by atoms with Gasteiger partial charge in [-0.3, -0.25) is 14.5 Å². The standard InChI is InChI=1S/C18H18BrNO2/c1-2-3-4-7-10-20-17(21)14-11-15(19)12-8-5-6-9-13(12)16(14)18(20)22/h5-6,8-9,11H,2-4,7,10H2,1H3. The van der Waals surface area contributed by atoms with Crippen LogP contribution in [0.3, 0.4) is 0 Å². The van der Waals surface area contributed by atoms with Gasteiger partial charge < -0.3 is 0 Å². The van der Waals surface area contributed by atoms with E-state index in [9.17, 15) is 9.59 Å². The predicted octanol–water partition coefficient (Wildman–Crippen LogP) is 4.78. The monoisotopic (exact) mass is 359 g/mol. The van der Waals surface area contributed by atoms with Crippen LogP contribution in [0, 0.1) is 0 Å². The van der Waals surface area contributed by atoms with Gasteiger partial charge in [-0.25, -0.2) is 0 Å². The van der Waals surface area contributed by atoms with Gasteiger partial charge in [0.05, 0.1) is 11.1 Å². The van der Waals surface area contributed by atoms with E-state index < -0.39 is 0 Å². The molecule has 3 nitrogen and oxygen atoms in total. The van der Waals surface area contributed by atoms with Gasteiger partial charge in [-0.1, -0.05) is 66.4 Å². The maximum atomic E-state index is 12.7. The average Bonchev–Trinajstić information content (AvgIpc) is 2.76. The second-order valence-corrected chi connectivity index (χ2v) is 6.50. The van der Waals surface area contributed by atoms with Crippen molar-refractivity contribution in [2.24, 2.45) is 0 Å². The Morgan fingerprint density at radius 2 is 1.73 bits per heavy atom. The predicted molar refractivity (Wildman–Crippen MR) is 91.2 cm³/mol. The van der Waals surface area contributed by atoms with Gasteiger partial charge in [-0.05, 0) is 23.3 Å². The molecule has 3 rings (SSSR count). The minimum atomic E-state index is -0.164. The maximum Gasteiger partial charge on any atom is 0.262 e. The van der Waals surface area contributed by atoms with Crippen molar-refractivity contribution >= 4 is 38.5 Å². The Hall–Kier alpha value is -1.68. The van der Waals surface area contributed by atoms with E-state index in [4.69, 9.17) is 0 Å². The smallest absolute Gasteiger partial charge is 0.262 e. The summed E-state index contributed by atoms with van der Waals surface area (Å²) in [6.07, 6.45) is 4.20. The molecule has 0 spiro atoms. The van der Waals surface area contributed by atoms with Crippen molar-refractivity contribution in [3.63, 3.8) is 0 Å². The molecule has 0 saturated heterocycles. The van der Waals surface area contributed by atoms with Crippen LogP contribution >= 0.6 is 15.9 Å². The fourth-order valence-corrected chi connectivity index (χ4v) is 3.58. The van der Waals surface area contributed by atoms with Crippen molar-refractivity contribution in [2.75, 3.05) is 6.54 Å². The lowest BCUT2D eigenvalue weighted by molar-refractivity contribution is 0.0652. The fourth-order valence-electron chi connectivity index (χ4n) is 3.00. The molecule has 0 atom stereocenters. The number of hydrogen-bond donors (Lipinski definition) is 0. The van der Waals surface area contributed by atoms with Crippen LogP contribution in [0.25, 0.3) is 10.8 Å². The van der Waals surface area contributed by atoms with Crippen LogP contribution in [0.15, 0.2) is 34.8 Å². The number of unbranched alkanes of at least 4 members (excludes halogenated alkanes) is 3. The van der Waals surface area contributed by atoms with Gasteiger partial charge in [0.15, 0.2) is 0 Å². The van der Waals surface area contributed by atoms with Crippen LogP contribution in [0.4, 0.5) is 0 Å². The number of carbonyl (C=O) groups is 2. The van der Waals surface area contributed by atoms with Gasteiger partial charge in [0.1, 0.15) is 0 Å². The molecule has 2 aromatic rings. The normalized spacial score (nSPS) is 14.0. The largest absolute Gasteiger partial charge is 0.274 e. The highest BCUT2D eigenvalue weighted by Gasteiger charge is 2.36. The van der Waals surface area contributed by atoms with Crippen molar-refractivity contribution < 1.29 is 9.59 Å². The Kier molecular flexibility index (Phi) is 4.30. The number of halogens is 1. The maximum absolute atomic E-state index is 12.7. The van der Waals surface area contributed by atoms with Crippen molar-refractivity contribution in [3.05, 3.63) is 45.9 Å². The van der Waals surface area contributed by atoms with Crippen molar-refractivity contribution in [2.45, 2.75) is 32.6 Å². The van der Waals surface area contributed by atoms with Crippen LogP contribution < -0.4 is 0 Å². The second kappa shape index (κ2) is 6.21. The third-order valence-electron chi connectivity index (χ3n) is 4.16. The second-order valence-electron chi connectivity index (χ2n) is 5.65. The molecule has 2 aromatic carbocycles. The quantitative estimate of drug-likeness (QED) is 0.569. The minimum Gasteiger partial charge on any atom is -0.274 e. The SMILES string of the molecule is CCCCCCN1C(=O)c2cc(Br)c3ccccc3c2C1=O. The van der Waals surface area contributed by atoms with Crippen molar-refractivity contribution in [1.29, 1.82) is 0 Å². The zero-order valence-corrected chi connectivity index (χ0v) is 14.1. The number of benzene rings is 2. The summed E-state index contributed by atoms with van der Waals surface area (Å²) in [4.78, 5) is 26.6. The molecule has 1 aliphatic heterocycles. The Morgan fingerprint density at radius 3 is 2.45 bits per heavy atom. The first kappa shape index (κ1) is 15.2. The molecular formula is C18H18BrNO2. The Bertz CT molecular complexity index is 754. The first-order valence-electron chi connectivity index (χ1n) is 7.72. The molecule has 0 fully saturated rings. The number of nitrogens with zero attached hydrogens (tertiary/aromatic N) is 1. The molecule has 0 saturated carbocycles. The first-order valence-corrected chi connectivity index (χ1v) is 8.52. The molecule has 2 amide bonds. The Morgan fingerprint density at radius 1 is 1.00 bits per heavy atom. The summed E-state index contributed by atoms with van der Waals surface area (Å²) in [5.74, 6) is -0.317. The first-order chi connectivity index (χ1) is 10.6. The number of carbonyl (C=O) groups excluding carboxylic acids is 2. The zero-order chi connectivity index (χ0) is 15.7. The molecule has 22 heavy (non-hydrogen) atoms. The van der Waals surface area contributed by atoms with Crippen LogP contribution in [0.5, 0.6) is 0 Å². The number of imide groups is 1. The molecule has 0 bridgehead atoms. The van der Waals surface area contributed by atoms with E-state index in [2.05, 4.69) is 22.9 Å². The lowest BCUT2D eigenvalue weighted by Crippen LogP contribution is -2.30. The van der Waals surface area contributed by atoms with Crippen molar-refractivity contribution in [3.8, 4) is 0 Å². The summed E-state index contributed by atoms with van der Waals surface area (Å²) in [6.45, 7) is 2.66. The minimum absolute atomic E-state index is 0.153. The topological polar surface area (TPSA) is 37.4 Å². The van der Waals surface area contributed by atoms with Crippen LogP contribution in [-0.4, -0.2) is 23.3 Å². The molecule has 1 heterocycles. The van der Waals surface area contributed by atoms with Gasteiger partial charge >= 0.3 is 0 Å². The number of amides is 2. The van der Waals surface area contributed by atoms with E-state index in [-0.39, 0.29) is 11.8 Å². The summed E-state index contributed by atoms with van der Waals surface area (Å²) in [6, 6.07) is 9.48. The lowest BCUT2D eigenvalue weighted by atomic mass is 10.0. The molecule has 0 unspecified atom stereocenters. The Labute approximate surface area is 138 Å². The molecule has 0 aromatic heterocycles. The Balaban J connectivity index is 1.97. The van der Waals surface area contributed by atoms with Crippen LogP contribution in [-0.2, 0) is 0 Å². The van der Waals surface area contributed by atoms with E-state index in [1.54, 1.807) is 6.07 Å². The van der Waals surface area contributed by atoms with Crippen LogP contribution in [0.2, 0.25) is 0 Å². The third-order valence-corrected chi connectivity index (χ3v) is 4.82. The van der Waals surface area contributed by atoms with E-state index >= 15 is 0 Å². The highest BCUT2D eigenvalue weighted by Crippen LogP contribution is 2.35. The molecule has 114 valence electrons. The van der Waals surface area contributed by atoms with Gasteiger partial charge in [-0.2, -0.15) is 0 Å². The molecule has 4 heteroatoms. The van der Waals surface area contributed by atoms with E-state index in [1.807, 2.05) is 24.3 Å². The lowest BCUT2D eigenvalue weighted by Gasteiger charge is -2.13. The molecule has 0 N–H and O–H groups in total. The number of fused-ring (bicyclic) bond motifs is 3. The van der Waals surface area contributed by atoms with E-state index in [0.717, 1.165) is 40.9 Å². The summed E-state index contributed by atoms with van der Waals surface area (Å²) < 4.78 is 0.857.